The van der Waals surface area contributed by atoms with Gasteiger partial charge in [-0.3, -0.25) is 0 Å². The van der Waals surface area contributed by atoms with Gasteiger partial charge in [0.15, 0.2) is 0 Å². The van der Waals surface area contributed by atoms with Crippen LogP contribution in [0.4, 0.5) is 0 Å². The average Bonchev–Trinajstić information content (AvgIpc) is 1.93. The van der Waals surface area contributed by atoms with Crippen LogP contribution in [0.3, 0.4) is 0 Å². The number of rotatable bonds is 5. The van der Waals surface area contributed by atoms with Crippen molar-refractivity contribution in [2.24, 2.45) is 5.92 Å². The summed E-state index contributed by atoms with van der Waals surface area (Å²) < 4.78 is 5.49. The van der Waals surface area contributed by atoms with Crippen LogP contribution in [0.2, 0.25) is 0 Å². The van der Waals surface area contributed by atoms with Crippen LogP contribution in [0.15, 0.2) is 0 Å². The molecule has 1 saturated heterocycles. The van der Waals surface area contributed by atoms with Gasteiger partial charge in [0, 0.05) is 31.7 Å². The van der Waals surface area contributed by atoms with E-state index in [0.717, 1.165) is 25.6 Å². The van der Waals surface area contributed by atoms with Crippen molar-refractivity contribution in [1.82, 2.24) is 4.90 Å². The van der Waals surface area contributed by atoms with Gasteiger partial charge < -0.3 is 9.64 Å². The number of hydrogen-bond acceptors (Lipinski definition) is 2. The molecule has 1 heterocycles. The Kier molecular flexibility index (Phi) is 4.02. The second-order valence-electron chi connectivity index (χ2n) is 3.99. The van der Waals surface area contributed by atoms with Crippen LogP contribution in [-0.2, 0) is 4.74 Å². The van der Waals surface area contributed by atoms with Crippen molar-refractivity contribution in [3.8, 4) is 0 Å². The minimum atomic E-state index is 0.715. The fourth-order valence-corrected chi connectivity index (χ4v) is 1.53. The molecule has 0 aliphatic carbocycles. The highest BCUT2D eigenvalue weighted by Crippen LogP contribution is 2.18. The largest absolute Gasteiger partial charge is 0.381 e. The van der Waals surface area contributed by atoms with Gasteiger partial charge in [-0.15, -0.1) is 0 Å². The summed E-state index contributed by atoms with van der Waals surface area (Å²) in [5.74, 6) is 0.805. The lowest BCUT2D eigenvalue weighted by atomic mass is 9.99. The normalized spacial score (nSPS) is 20.0. The Hall–Kier alpha value is -0.0800. The molecule has 12 heavy (non-hydrogen) atoms. The molecule has 0 N–H and O–H groups in total. The summed E-state index contributed by atoms with van der Waals surface area (Å²) in [7, 11) is 0. The molecule has 0 radical (unpaired) electrons. The molecule has 2 nitrogen and oxygen atoms in total. The lowest BCUT2D eigenvalue weighted by Crippen LogP contribution is -2.51. The zero-order valence-corrected chi connectivity index (χ0v) is 8.55. The van der Waals surface area contributed by atoms with Gasteiger partial charge in [0.1, 0.15) is 0 Å². The van der Waals surface area contributed by atoms with Crippen LogP contribution in [-0.4, -0.2) is 37.2 Å². The number of nitrogens with zero attached hydrogens (tertiary/aromatic N) is 1. The molecule has 1 aliphatic rings. The summed E-state index contributed by atoms with van der Waals surface area (Å²) in [6.07, 6.45) is 1.14. The van der Waals surface area contributed by atoms with Crippen LogP contribution in [0.1, 0.15) is 27.2 Å². The van der Waals surface area contributed by atoms with Crippen molar-refractivity contribution in [3.63, 3.8) is 0 Å². The molecule has 0 bridgehead atoms. The summed E-state index contributed by atoms with van der Waals surface area (Å²) in [5.41, 5.74) is 0. The molecule has 0 spiro atoms. The second-order valence-corrected chi connectivity index (χ2v) is 3.99. The van der Waals surface area contributed by atoms with E-state index in [0.29, 0.717) is 6.04 Å². The number of ether oxygens (including phenoxy) is 1. The van der Waals surface area contributed by atoms with Crippen molar-refractivity contribution in [2.45, 2.75) is 33.2 Å². The van der Waals surface area contributed by atoms with Crippen LogP contribution in [0, 0.1) is 5.92 Å². The average molecular weight is 171 g/mol. The van der Waals surface area contributed by atoms with Gasteiger partial charge in [0.2, 0.25) is 0 Å². The first-order valence-electron chi connectivity index (χ1n) is 5.05. The summed E-state index contributed by atoms with van der Waals surface area (Å²) >= 11 is 0. The van der Waals surface area contributed by atoms with Crippen molar-refractivity contribution < 1.29 is 4.74 Å². The molecule has 0 aromatic heterocycles. The molecule has 0 unspecified atom stereocenters. The van der Waals surface area contributed by atoms with Gasteiger partial charge in [0.05, 0.1) is 6.61 Å². The monoisotopic (exact) mass is 171 g/mol. The molecule has 0 saturated carbocycles. The van der Waals surface area contributed by atoms with Gasteiger partial charge in [-0.1, -0.05) is 6.92 Å². The third-order valence-corrected chi connectivity index (χ3v) is 2.42. The molecule has 0 aromatic carbocycles. The Bertz CT molecular complexity index is 119. The van der Waals surface area contributed by atoms with E-state index in [-0.39, 0.29) is 0 Å². The topological polar surface area (TPSA) is 12.5 Å². The van der Waals surface area contributed by atoms with Crippen LogP contribution < -0.4 is 0 Å². The van der Waals surface area contributed by atoms with Gasteiger partial charge in [-0.2, -0.15) is 0 Å². The third-order valence-electron chi connectivity index (χ3n) is 2.42. The Labute approximate surface area is 75.9 Å². The first kappa shape index (κ1) is 10.0. The fourth-order valence-electron chi connectivity index (χ4n) is 1.53. The second kappa shape index (κ2) is 4.83. The van der Waals surface area contributed by atoms with E-state index in [9.17, 15) is 0 Å². The molecule has 2 heteroatoms. The lowest BCUT2D eigenvalue weighted by molar-refractivity contribution is -0.000348. The van der Waals surface area contributed by atoms with Gasteiger partial charge in [0.25, 0.3) is 0 Å². The molecule has 0 amide bonds. The summed E-state index contributed by atoms with van der Waals surface area (Å²) in [5, 5.41) is 0. The lowest BCUT2D eigenvalue weighted by Gasteiger charge is -2.41. The quantitative estimate of drug-likeness (QED) is 0.584. The van der Waals surface area contributed by atoms with Gasteiger partial charge >= 0.3 is 0 Å². The standard InChI is InChI=1S/C10H21NO/c1-4-5-12-8-10-6-11(7-10)9(2)3/h9-10H,4-8H2,1-3H3. The third kappa shape index (κ3) is 2.76. The minimum Gasteiger partial charge on any atom is -0.381 e. The highest BCUT2D eigenvalue weighted by Gasteiger charge is 2.27. The predicted octanol–water partition coefficient (Wildman–Crippen LogP) is 1.75. The van der Waals surface area contributed by atoms with E-state index >= 15 is 0 Å². The van der Waals surface area contributed by atoms with E-state index in [1.807, 2.05) is 0 Å². The zero-order chi connectivity index (χ0) is 8.97. The SMILES string of the molecule is CCCOCC1CN(C(C)C)C1. The highest BCUT2D eigenvalue weighted by atomic mass is 16.5. The molecule has 1 fully saturated rings. The smallest absolute Gasteiger partial charge is 0.0518 e. The van der Waals surface area contributed by atoms with Crippen molar-refractivity contribution >= 4 is 0 Å². The van der Waals surface area contributed by atoms with Gasteiger partial charge in [-0.25, -0.2) is 0 Å². The van der Waals surface area contributed by atoms with Crippen LogP contribution in [0.25, 0.3) is 0 Å². The Morgan fingerprint density at radius 2 is 2.08 bits per heavy atom. The van der Waals surface area contributed by atoms with E-state index in [1.54, 1.807) is 0 Å². The maximum absolute atomic E-state index is 5.49. The van der Waals surface area contributed by atoms with E-state index < -0.39 is 0 Å². The Morgan fingerprint density at radius 3 is 2.58 bits per heavy atom. The van der Waals surface area contributed by atoms with Gasteiger partial charge in [-0.05, 0) is 20.3 Å². The first-order valence-corrected chi connectivity index (χ1v) is 5.05. The molecule has 1 rings (SSSR count). The molecule has 0 aromatic rings. The van der Waals surface area contributed by atoms with Crippen LogP contribution >= 0.6 is 0 Å². The van der Waals surface area contributed by atoms with Crippen molar-refractivity contribution in [3.05, 3.63) is 0 Å². The fraction of sp³-hybridized carbons (Fsp3) is 1.00. The minimum absolute atomic E-state index is 0.715. The number of hydrogen-bond donors (Lipinski definition) is 0. The zero-order valence-electron chi connectivity index (χ0n) is 8.55. The molecular weight excluding hydrogens is 150 g/mol. The molecule has 72 valence electrons. The summed E-state index contributed by atoms with van der Waals surface area (Å²) in [4.78, 5) is 2.49. The van der Waals surface area contributed by atoms with E-state index in [4.69, 9.17) is 4.74 Å². The molecule has 0 atom stereocenters. The molecular formula is C10H21NO. The van der Waals surface area contributed by atoms with E-state index in [1.165, 1.54) is 13.1 Å². The van der Waals surface area contributed by atoms with Crippen LogP contribution in [0.5, 0.6) is 0 Å². The first-order chi connectivity index (χ1) is 5.74. The highest BCUT2D eigenvalue weighted by molar-refractivity contribution is 4.81. The number of likely N-dealkylation sites (tertiary alicyclic amines) is 1. The predicted molar refractivity (Wildman–Crippen MR) is 51.3 cm³/mol. The Morgan fingerprint density at radius 1 is 1.42 bits per heavy atom. The summed E-state index contributed by atoms with van der Waals surface area (Å²) in [6.45, 7) is 11.0. The Balaban J connectivity index is 1.95. The maximum atomic E-state index is 5.49. The molecule has 1 aliphatic heterocycles. The maximum Gasteiger partial charge on any atom is 0.0518 e. The van der Waals surface area contributed by atoms with E-state index in [2.05, 4.69) is 25.7 Å². The van der Waals surface area contributed by atoms with Crippen molar-refractivity contribution in [2.75, 3.05) is 26.3 Å². The van der Waals surface area contributed by atoms with Crippen molar-refractivity contribution in [1.29, 1.82) is 0 Å². The summed E-state index contributed by atoms with van der Waals surface area (Å²) in [6, 6.07) is 0.715.